The molecule has 2 fully saturated rings. The summed E-state index contributed by atoms with van der Waals surface area (Å²) in [5.74, 6) is -1.51. The number of ether oxygens (including phenoxy) is 1. The molecule has 0 bridgehead atoms. The number of imide groups is 1. The maximum Gasteiger partial charge on any atom is 0.337 e. The zero-order valence-corrected chi connectivity index (χ0v) is 14.7. The average molecular weight is 365 g/mol. The fraction of sp³-hybridized carbons (Fsp3) is 0.250. The zero-order chi connectivity index (χ0) is 19.0. The van der Waals surface area contributed by atoms with Crippen molar-refractivity contribution in [1.29, 1.82) is 0 Å². The van der Waals surface area contributed by atoms with Gasteiger partial charge in [0.2, 0.25) is 11.8 Å². The number of methoxy groups -OCH3 is 1. The minimum atomic E-state index is -0.567. The number of hydrogen-bond donors (Lipinski definition) is 2. The van der Waals surface area contributed by atoms with Gasteiger partial charge in [0.25, 0.3) is 0 Å². The monoisotopic (exact) mass is 365 g/mol. The minimum Gasteiger partial charge on any atom is -0.465 e. The Morgan fingerprint density at radius 1 is 1.04 bits per heavy atom. The van der Waals surface area contributed by atoms with E-state index in [0.29, 0.717) is 12.1 Å². The lowest BCUT2D eigenvalue weighted by Crippen LogP contribution is -2.43. The Morgan fingerprint density at radius 2 is 1.74 bits per heavy atom. The first-order chi connectivity index (χ1) is 13.1. The first kappa shape index (κ1) is 17.4. The maximum absolute atomic E-state index is 12.4. The molecule has 2 aromatic rings. The number of benzene rings is 2. The topological polar surface area (TPSA) is 87.7 Å². The summed E-state index contributed by atoms with van der Waals surface area (Å²) in [6.45, 7) is 0.499. The summed E-state index contributed by atoms with van der Waals surface area (Å²) in [4.78, 5) is 36.4. The van der Waals surface area contributed by atoms with E-state index < -0.39 is 17.9 Å². The van der Waals surface area contributed by atoms with Crippen molar-refractivity contribution in [3.8, 4) is 0 Å². The Morgan fingerprint density at radius 3 is 2.41 bits per heavy atom. The predicted molar refractivity (Wildman–Crippen MR) is 96.1 cm³/mol. The molecule has 138 valence electrons. The third kappa shape index (κ3) is 3.11. The molecule has 0 aromatic heterocycles. The molecule has 2 amide bonds. The molecule has 0 aliphatic carbocycles. The first-order valence-corrected chi connectivity index (χ1v) is 8.68. The lowest BCUT2D eigenvalue weighted by molar-refractivity contribution is -0.127. The fourth-order valence-corrected chi connectivity index (χ4v) is 3.74. The van der Waals surface area contributed by atoms with Crippen LogP contribution in [0.1, 0.15) is 27.5 Å². The molecular weight excluding hydrogens is 346 g/mol. The molecule has 2 aromatic carbocycles. The third-order valence-corrected chi connectivity index (χ3v) is 5.04. The molecular formula is C20H19N3O4. The number of fused-ring (bicyclic) bond motifs is 1. The van der Waals surface area contributed by atoms with Crippen LogP contribution in [0.25, 0.3) is 0 Å². The highest BCUT2D eigenvalue weighted by Crippen LogP contribution is 2.37. The molecule has 7 nitrogen and oxygen atoms in total. The van der Waals surface area contributed by atoms with E-state index in [1.807, 2.05) is 35.3 Å². The van der Waals surface area contributed by atoms with Gasteiger partial charge in [-0.1, -0.05) is 42.5 Å². The molecule has 4 rings (SSSR count). The number of carbonyl (C=O) groups is 3. The van der Waals surface area contributed by atoms with E-state index >= 15 is 0 Å². The molecule has 2 aliphatic rings. The highest BCUT2D eigenvalue weighted by Gasteiger charge is 2.54. The molecule has 2 saturated heterocycles. The van der Waals surface area contributed by atoms with Crippen molar-refractivity contribution in [2.45, 2.75) is 18.6 Å². The number of nitrogens with one attached hydrogen (secondary N) is 2. The zero-order valence-electron chi connectivity index (χ0n) is 14.7. The van der Waals surface area contributed by atoms with E-state index in [9.17, 15) is 14.4 Å². The standard InChI is InChI=1S/C20H19N3O4/c1-27-20(26)14-9-7-13(8-10-14)16-15-17(19(25)21-18(15)24)23(22-16)11-12-5-3-2-4-6-12/h2-10,15-17,22H,11H2,1H3,(H,21,24,25)/t15-,16+,17-/m0/s1. The van der Waals surface area contributed by atoms with Gasteiger partial charge in [0.15, 0.2) is 0 Å². The van der Waals surface area contributed by atoms with Gasteiger partial charge in [0.05, 0.1) is 24.6 Å². The number of esters is 1. The normalized spacial score (nSPS) is 24.6. The van der Waals surface area contributed by atoms with Crippen LogP contribution in [0.4, 0.5) is 0 Å². The number of hydrogen-bond acceptors (Lipinski definition) is 6. The number of hydrazine groups is 1. The van der Waals surface area contributed by atoms with Crippen LogP contribution < -0.4 is 10.7 Å². The van der Waals surface area contributed by atoms with Crippen molar-refractivity contribution in [1.82, 2.24) is 15.8 Å². The second kappa shape index (κ2) is 6.94. The number of rotatable bonds is 4. The Labute approximate surface area is 156 Å². The third-order valence-electron chi connectivity index (χ3n) is 5.04. The molecule has 0 radical (unpaired) electrons. The summed E-state index contributed by atoms with van der Waals surface area (Å²) in [5, 5.41) is 4.26. The van der Waals surface area contributed by atoms with Crippen LogP contribution in [0.15, 0.2) is 54.6 Å². The second-order valence-electron chi connectivity index (χ2n) is 6.66. The lowest BCUT2D eigenvalue weighted by atomic mass is 9.90. The Balaban J connectivity index is 1.62. The van der Waals surface area contributed by atoms with Gasteiger partial charge in [0, 0.05) is 6.54 Å². The van der Waals surface area contributed by atoms with E-state index in [0.717, 1.165) is 11.1 Å². The molecule has 3 atom stereocenters. The van der Waals surface area contributed by atoms with Crippen molar-refractivity contribution in [2.24, 2.45) is 5.92 Å². The Kier molecular flexibility index (Phi) is 4.47. The van der Waals surface area contributed by atoms with Crippen LogP contribution in [0.5, 0.6) is 0 Å². The smallest absolute Gasteiger partial charge is 0.337 e. The van der Waals surface area contributed by atoms with Crippen LogP contribution >= 0.6 is 0 Å². The minimum absolute atomic E-state index is 0.282. The first-order valence-electron chi connectivity index (χ1n) is 8.68. The molecule has 2 aliphatic heterocycles. The summed E-state index contributed by atoms with van der Waals surface area (Å²) in [6, 6.07) is 15.7. The number of carbonyl (C=O) groups excluding carboxylic acids is 3. The van der Waals surface area contributed by atoms with Gasteiger partial charge < -0.3 is 4.74 Å². The fourth-order valence-electron chi connectivity index (χ4n) is 3.74. The van der Waals surface area contributed by atoms with Gasteiger partial charge in [-0.15, -0.1) is 0 Å². The van der Waals surface area contributed by atoms with Crippen molar-refractivity contribution < 1.29 is 19.1 Å². The Bertz CT molecular complexity index is 882. The van der Waals surface area contributed by atoms with Gasteiger partial charge in [-0.25, -0.2) is 15.2 Å². The van der Waals surface area contributed by atoms with Crippen LogP contribution in [0.3, 0.4) is 0 Å². The molecule has 0 spiro atoms. The molecule has 2 N–H and O–H groups in total. The van der Waals surface area contributed by atoms with Gasteiger partial charge in [0.1, 0.15) is 6.04 Å². The second-order valence-corrected chi connectivity index (χ2v) is 6.66. The van der Waals surface area contributed by atoms with Crippen molar-refractivity contribution in [3.05, 3.63) is 71.3 Å². The lowest BCUT2D eigenvalue weighted by Gasteiger charge is -2.22. The summed E-state index contributed by atoms with van der Waals surface area (Å²) >= 11 is 0. The van der Waals surface area contributed by atoms with Crippen molar-refractivity contribution in [2.75, 3.05) is 7.11 Å². The summed E-state index contributed by atoms with van der Waals surface area (Å²) in [6.07, 6.45) is 0. The number of amides is 2. The van der Waals surface area contributed by atoms with E-state index in [1.165, 1.54) is 7.11 Å². The summed E-state index contributed by atoms with van der Waals surface area (Å²) in [5.41, 5.74) is 5.62. The molecule has 0 unspecified atom stereocenters. The van der Waals surface area contributed by atoms with Crippen molar-refractivity contribution >= 4 is 17.8 Å². The molecule has 27 heavy (non-hydrogen) atoms. The summed E-state index contributed by atoms with van der Waals surface area (Å²) < 4.78 is 4.71. The summed E-state index contributed by atoms with van der Waals surface area (Å²) in [7, 11) is 1.33. The van der Waals surface area contributed by atoms with Crippen LogP contribution in [-0.4, -0.2) is 35.9 Å². The molecule has 2 heterocycles. The highest BCUT2D eigenvalue weighted by molar-refractivity contribution is 6.07. The largest absolute Gasteiger partial charge is 0.465 e. The van der Waals surface area contributed by atoms with E-state index in [4.69, 9.17) is 4.74 Å². The van der Waals surface area contributed by atoms with Gasteiger partial charge >= 0.3 is 5.97 Å². The predicted octanol–water partition coefficient (Wildman–Crippen LogP) is 1.18. The quantitative estimate of drug-likeness (QED) is 0.625. The van der Waals surface area contributed by atoms with Crippen LogP contribution in [0, 0.1) is 5.92 Å². The van der Waals surface area contributed by atoms with Crippen LogP contribution in [-0.2, 0) is 20.9 Å². The average Bonchev–Trinajstić information content (AvgIpc) is 3.21. The van der Waals surface area contributed by atoms with E-state index in [1.54, 1.807) is 24.3 Å². The van der Waals surface area contributed by atoms with Gasteiger partial charge in [-0.2, -0.15) is 0 Å². The maximum atomic E-state index is 12.4. The Hall–Kier alpha value is -3.03. The van der Waals surface area contributed by atoms with Crippen molar-refractivity contribution in [3.63, 3.8) is 0 Å². The van der Waals surface area contributed by atoms with Gasteiger partial charge in [-0.05, 0) is 23.3 Å². The number of nitrogens with zero attached hydrogens (tertiary/aromatic N) is 1. The molecule has 0 saturated carbocycles. The van der Waals surface area contributed by atoms with E-state index in [2.05, 4.69) is 10.7 Å². The van der Waals surface area contributed by atoms with E-state index in [-0.39, 0.29) is 17.9 Å². The van der Waals surface area contributed by atoms with Gasteiger partial charge in [-0.3, -0.25) is 14.9 Å². The SMILES string of the molecule is COC(=O)c1ccc([C@H]2NN(Cc3ccccc3)[C@@H]3C(=O)NC(=O)[C@@H]23)cc1. The van der Waals surface area contributed by atoms with Crippen LogP contribution in [0.2, 0.25) is 0 Å². The molecule has 7 heteroatoms. The highest BCUT2D eigenvalue weighted by atomic mass is 16.5.